The summed E-state index contributed by atoms with van der Waals surface area (Å²) in [5.74, 6) is 1.19. The van der Waals surface area contributed by atoms with Gasteiger partial charge in [-0.05, 0) is 43.2 Å². The van der Waals surface area contributed by atoms with Gasteiger partial charge in [-0.25, -0.2) is 0 Å². The van der Waals surface area contributed by atoms with Crippen molar-refractivity contribution in [2.45, 2.75) is 20.3 Å². The van der Waals surface area contributed by atoms with Gasteiger partial charge in [0.15, 0.2) is 5.82 Å². The molecule has 0 aliphatic rings. The lowest BCUT2D eigenvalue weighted by Gasteiger charge is -2.07. The van der Waals surface area contributed by atoms with Gasteiger partial charge in [-0.3, -0.25) is 10.1 Å². The molecule has 0 radical (unpaired) electrons. The second kappa shape index (κ2) is 7.16. The van der Waals surface area contributed by atoms with E-state index < -0.39 is 4.92 Å². The Kier molecular flexibility index (Phi) is 4.96. The molecule has 0 aliphatic carbocycles. The SMILES string of the molecule is Cc1cc([N+](=O)[O-])c(C)cc1Oc1nc(Cc2ccc(Cl)cc2)ns1. The van der Waals surface area contributed by atoms with Crippen molar-refractivity contribution in [3.8, 4) is 10.9 Å². The van der Waals surface area contributed by atoms with Crippen LogP contribution in [0, 0.1) is 24.0 Å². The first-order chi connectivity index (χ1) is 11.9. The first-order valence-electron chi connectivity index (χ1n) is 7.43. The Balaban J connectivity index is 1.76. The molecule has 3 rings (SSSR count). The van der Waals surface area contributed by atoms with Gasteiger partial charge in [-0.15, -0.1) is 0 Å². The molecule has 0 bridgehead atoms. The van der Waals surface area contributed by atoms with Crippen molar-refractivity contribution in [3.05, 3.63) is 74.0 Å². The van der Waals surface area contributed by atoms with Crippen molar-refractivity contribution in [2.75, 3.05) is 0 Å². The summed E-state index contributed by atoms with van der Waals surface area (Å²) in [5, 5.41) is 12.1. The van der Waals surface area contributed by atoms with E-state index in [1.807, 2.05) is 24.3 Å². The van der Waals surface area contributed by atoms with Gasteiger partial charge >= 0.3 is 0 Å². The molecule has 3 aromatic rings. The van der Waals surface area contributed by atoms with E-state index in [1.165, 1.54) is 6.07 Å². The number of halogens is 1. The molecule has 1 aromatic heterocycles. The largest absolute Gasteiger partial charge is 0.430 e. The summed E-state index contributed by atoms with van der Waals surface area (Å²) in [7, 11) is 0. The number of nitro groups is 1. The number of aromatic nitrogens is 2. The highest BCUT2D eigenvalue weighted by Gasteiger charge is 2.16. The Bertz CT molecular complexity index is 925. The van der Waals surface area contributed by atoms with E-state index in [-0.39, 0.29) is 5.69 Å². The Morgan fingerprint density at radius 3 is 2.60 bits per heavy atom. The van der Waals surface area contributed by atoms with Crippen LogP contribution in [0.15, 0.2) is 36.4 Å². The minimum absolute atomic E-state index is 0.0746. The molecule has 0 N–H and O–H groups in total. The zero-order valence-electron chi connectivity index (χ0n) is 13.5. The molecule has 0 spiro atoms. The van der Waals surface area contributed by atoms with E-state index in [2.05, 4.69) is 9.36 Å². The Morgan fingerprint density at radius 1 is 1.20 bits per heavy atom. The maximum Gasteiger partial charge on any atom is 0.298 e. The number of nitrogens with zero attached hydrogens (tertiary/aromatic N) is 3. The van der Waals surface area contributed by atoms with Crippen LogP contribution in [0.1, 0.15) is 22.5 Å². The van der Waals surface area contributed by atoms with Crippen LogP contribution in [0.25, 0.3) is 0 Å². The Labute approximate surface area is 153 Å². The number of ether oxygens (including phenoxy) is 1. The summed E-state index contributed by atoms with van der Waals surface area (Å²) in [4.78, 5) is 14.9. The summed E-state index contributed by atoms with van der Waals surface area (Å²) < 4.78 is 10.1. The standard InChI is InChI=1S/C17H14ClN3O3S/c1-10-8-15(11(2)7-14(10)21(22)23)24-17-19-16(20-25-17)9-12-3-5-13(18)6-4-12/h3-8H,9H2,1-2H3. The van der Waals surface area contributed by atoms with Gasteiger partial charge < -0.3 is 4.74 Å². The molecule has 0 saturated carbocycles. The first kappa shape index (κ1) is 17.3. The normalized spacial score (nSPS) is 10.7. The highest BCUT2D eigenvalue weighted by Crippen LogP contribution is 2.32. The number of nitro benzene ring substituents is 1. The molecule has 25 heavy (non-hydrogen) atoms. The van der Waals surface area contributed by atoms with Gasteiger partial charge in [-0.2, -0.15) is 9.36 Å². The fourth-order valence-electron chi connectivity index (χ4n) is 2.31. The third kappa shape index (κ3) is 4.12. The summed E-state index contributed by atoms with van der Waals surface area (Å²) in [6.45, 7) is 3.44. The van der Waals surface area contributed by atoms with E-state index in [4.69, 9.17) is 16.3 Å². The summed E-state index contributed by atoms with van der Waals surface area (Å²) in [5.41, 5.74) is 2.34. The van der Waals surface area contributed by atoms with E-state index in [9.17, 15) is 10.1 Å². The second-order valence-electron chi connectivity index (χ2n) is 5.54. The molecule has 0 fully saturated rings. The van der Waals surface area contributed by atoms with Gasteiger partial charge in [0, 0.05) is 34.6 Å². The molecular weight excluding hydrogens is 362 g/mol. The fraction of sp³-hybridized carbons (Fsp3) is 0.176. The number of benzene rings is 2. The van der Waals surface area contributed by atoms with Crippen LogP contribution in [-0.2, 0) is 6.42 Å². The van der Waals surface area contributed by atoms with E-state index in [0.29, 0.717) is 39.3 Å². The predicted molar refractivity (Wildman–Crippen MR) is 96.8 cm³/mol. The maximum absolute atomic E-state index is 11.0. The van der Waals surface area contributed by atoms with E-state index in [1.54, 1.807) is 19.9 Å². The quantitative estimate of drug-likeness (QED) is 0.458. The lowest BCUT2D eigenvalue weighted by atomic mass is 10.1. The van der Waals surface area contributed by atoms with Crippen LogP contribution in [0.4, 0.5) is 5.69 Å². The van der Waals surface area contributed by atoms with Gasteiger partial charge in [0.1, 0.15) is 5.75 Å². The zero-order valence-corrected chi connectivity index (χ0v) is 15.1. The molecule has 0 unspecified atom stereocenters. The minimum atomic E-state index is -0.402. The van der Waals surface area contributed by atoms with Gasteiger partial charge in [0.05, 0.1) is 4.92 Å². The molecule has 128 valence electrons. The average Bonchev–Trinajstić information content (AvgIpc) is 2.99. The van der Waals surface area contributed by atoms with Crippen molar-refractivity contribution in [2.24, 2.45) is 0 Å². The molecule has 0 saturated heterocycles. The number of hydrogen-bond donors (Lipinski definition) is 0. The van der Waals surface area contributed by atoms with Crippen LogP contribution >= 0.6 is 23.1 Å². The molecule has 0 atom stereocenters. The predicted octanol–water partition coefficient (Wildman–Crippen LogP) is 5.10. The molecule has 8 heteroatoms. The van der Waals surface area contributed by atoms with Crippen molar-refractivity contribution in [3.63, 3.8) is 0 Å². The van der Waals surface area contributed by atoms with Crippen molar-refractivity contribution in [1.82, 2.24) is 9.36 Å². The van der Waals surface area contributed by atoms with Crippen molar-refractivity contribution < 1.29 is 9.66 Å². The van der Waals surface area contributed by atoms with E-state index in [0.717, 1.165) is 17.1 Å². The van der Waals surface area contributed by atoms with Crippen molar-refractivity contribution >= 4 is 28.8 Å². The topological polar surface area (TPSA) is 78.2 Å². The monoisotopic (exact) mass is 375 g/mol. The number of hydrogen-bond acceptors (Lipinski definition) is 6. The number of aryl methyl sites for hydroxylation is 2. The van der Waals surface area contributed by atoms with Crippen LogP contribution in [0.5, 0.6) is 10.9 Å². The number of rotatable bonds is 5. The molecule has 2 aromatic carbocycles. The molecule has 1 heterocycles. The van der Waals surface area contributed by atoms with Gasteiger partial charge in [0.25, 0.3) is 10.9 Å². The average molecular weight is 376 g/mol. The third-order valence-corrected chi connectivity index (χ3v) is 4.50. The molecule has 0 aliphatic heterocycles. The fourth-order valence-corrected chi connectivity index (χ4v) is 3.00. The zero-order chi connectivity index (χ0) is 18.0. The summed E-state index contributed by atoms with van der Waals surface area (Å²) in [6, 6.07) is 10.6. The lowest BCUT2D eigenvalue weighted by Crippen LogP contribution is -1.95. The molecular formula is C17H14ClN3O3S. The van der Waals surface area contributed by atoms with Crippen molar-refractivity contribution in [1.29, 1.82) is 0 Å². The minimum Gasteiger partial charge on any atom is -0.430 e. The highest BCUT2D eigenvalue weighted by atomic mass is 35.5. The maximum atomic E-state index is 11.0. The second-order valence-corrected chi connectivity index (χ2v) is 6.69. The Morgan fingerprint density at radius 2 is 1.92 bits per heavy atom. The summed E-state index contributed by atoms with van der Waals surface area (Å²) in [6.07, 6.45) is 0.579. The van der Waals surface area contributed by atoms with Crippen LogP contribution in [-0.4, -0.2) is 14.3 Å². The van der Waals surface area contributed by atoms with Gasteiger partial charge in [0.2, 0.25) is 0 Å². The highest BCUT2D eigenvalue weighted by molar-refractivity contribution is 7.07. The van der Waals surface area contributed by atoms with Gasteiger partial charge in [-0.1, -0.05) is 23.7 Å². The molecule has 6 nitrogen and oxygen atoms in total. The van der Waals surface area contributed by atoms with Crippen LogP contribution in [0.3, 0.4) is 0 Å². The smallest absolute Gasteiger partial charge is 0.298 e. The Hall–Kier alpha value is -2.51. The molecule has 0 amide bonds. The van der Waals surface area contributed by atoms with Crippen LogP contribution < -0.4 is 4.74 Å². The van der Waals surface area contributed by atoms with Crippen LogP contribution in [0.2, 0.25) is 5.02 Å². The lowest BCUT2D eigenvalue weighted by molar-refractivity contribution is -0.385. The summed E-state index contributed by atoms with van der Waals surface area (Å²) >= 11 is 7.02. The first-order valence-corrected chi connectivity index (χ1v) is 8.58. The van der Waals surface area contributed by atoms with E-state index >= 15 is 0 Å². The third-order valence-electron chi connectivity index (χ3n) is 3.61.